The maximum Gasteiger partial charge on any atom is 0.120 e. The first kappa shape index (κ1) is 9.84. The second kappa shape index (κ2) is 4.69. The summed E-state index contributed by atoms with van der Waals surface area (Å²) in [7, 11) is 0. The first-order valence-corrected chi connectivity index (χ1v) is 5.11. The highest BCUT2D eigenvalue weighted by Crippen LogP contribution is 2.18. The molecule has 0 saturated heterocycles. The molecule has 15 heavy (non-hydrogen) atoms. The van der Waals surface area contributed by atoms with Crippen molar-refractivity contribution < 1.29 is 9.84 Å². The molecule has 1 aromatic carbocycles. The Morgan fingerprint density at radius 3 is 2.67 bits per heavy atom. The van der Waals surface area contributed by atoms with Crippen LogP contribution in [-0.4, -0.2) is 11.7 Å². The summed E-state index contributed by atoms with van der Waals surface area (Å²) in [6, 6.07) is 6.80. The molecule has 1 aliphatic carbocycles. The largest absolute Gasteiger partial charge is 0.508 e. The number of phenols is 1. The highest BCUT2D eigenvalue weighted by atomic mass is 16.5. The minimum absolute atomic E-state index is 0.266. The van der Waals surface area contributed by atoms with Crippen molar-refractivity contribution in [1.82, 2.24) is 0 Å². The van der Waals surface area contributed by atoms with Crippen molar-refractivity contribution >= 4 is 0 Å². The minimum Gasteiger partial charge on any atom is -0.508 e. The fourth-order valence-electron chi connectivity index (χ4n) is 1.49. The molecule has 0 fully saturated rings. The zero-order valence-electron chi connectivity index (χ0n) is 8.52. The zero-order valence-corrected chi connectivity index (χ0v) is 8.52. The first-order valence-electron chi connectivity index (χ1n) is 5.11. The monoisotopic (exact) mass is 202 g/mol. The van der Waals surface area contributed by atoms with Crippen molar-refractivity contribution in [2.75, 3.05) is 6.61 Å². The standard InChI is InChI=1S/C13H14O2/c14-12-6-8-13(9-7-12)15-10-11-4-2-1-3-5-11/h1-2,4,6-9,14H,3,5,10H2. The quantitative estimate of drug-likeness (QED) is 0.816. The third kappa shape index (κ3) is 2.88. The van der Waals surface area contributed by atoms with Crippen molar-refractivity contribution in [3.63, 3.8) is 0 Å². The van der Waals surface area contributed by atoms with Crippen LogP contribution in [0.5, 0.6) is 11.5 Å². The number of benzene rings is 1. The molecule has 0 saturated carbocycles. The Bertz CT molecular complexity index is 374. The molecule has 2 nitrogen and oxygen atoms in total. The lowest BCUT2D eigenvalue weighted by atomic mass is 10.1. The second-order valence-electron chi connectivity index (χ2n) is 3.57. The molecular weight excluding hydrogens is 188 g/mol. The molecule has 0 radical (unpaired) electrons. The van der Waals surface area contributed by atoms with E-state index in [1.165, 1.54) is 5.57 Å². The Labute approximate surface area is 89.5 Å². The summed E-state index contributed by atoms with van der Waals surface area (Å²) in [4.78, 5) is 0. The van der Waals surface area contributed by atoms with E-state index in [-0.39, 0.29) is 5.75 Å². The van der Waals surface area contributed by atoms with Crippen molar-refractivity contribution in [3.05, 3.63) is 48.1 Å². The van der Waals surface area contributed by atoms with E-state index in [1.807, 2.05) is 0 Å². The molecule has 0 heterocycles. The predicted molar refractivity (Wildman–Crippen MR) is 60.1 cm³/mol. The van der Waals surface area contributed by atoms with Gasteiger partial charge in [-0.2, -0.15) is 0 Å². The average Bonchev–Trinajstić information content (AvgIpc) is 2.30. The molecule has 0 bridgehead atoms. The molecule has 2 heteroatoms. The summed E-state index contributed by atoms with van der Waals surface area (Å²) < 4.78 is 5.59. The third-order valence-electron chi connectivity index (χ3n) is 2.36. The second-order valence-corrected chi connectivity index (χ2v) is 3.57. The Morgan fingerprint density at radius 2 is 2.00 bits per heavy atom. The average molecular weight is 202 g/mol. The van der Waals surface area contributed by atoms with Gasteiger partial charge in [0, 0.05) is 0 Å². The highest BCUT2D eigenvalue weighted by molar-refractivity contribution is 5.30. The number of ether oxygens (including phenoxy) is 1. The van der Waals surface area contributed by atoms with E-state index >= 15 is 0 Å². The molecule has 0 amide bonds. The van der Waals surface area contributed by atoms with Crippen LogP contribution in [0.2, 0.25) is 0 Å². The van der Waals surface area contributed by atoms with Gasteiger partial charge >= 0.3 is 0 Å². The third-order valence-corrected chi connectivity index (χ3v) is 2.36. The van der Waals surface area contributed by atoms with Gasteiger partial charge in [-0.1, -0.05) is 18.2 Å². The van der Waals surface area contributed by atoms with Crippen molar-refractivity contribution in [1.29, 1.82) is 0 Å². The van der Waals surface area contributed by atoms with Gasteiger partial charge in [-0.05, 0) is 42.7 Å². The van der Waals surface area contributed by atoms with Crippen LogP contribution >= 0.6 is 0 Å². The fraction of sp³-hybridized carbons (Fsp3) is 0.231. The first-order chi connectivity index (χ1) is 7.34. The molecular formula is C13H14O2. The van der Waals surface area contributed by atoms with E-state index < -0.39 is 0 Å². The molecule has 1 N–H and O–H groups in total. The number of rotatable bonds is 3. The van der Waals surface area contributed by atoms with Gasteiger partial charge in [0.05, 0.1) is 0 Å². The van der Waals surface area contributed by atoms with Crippen molar-refractivity contribution in [2.24, 2.45) is 0 Å². The maximum absolute atomic E-state index is 9.10. The van der Waals surface area contributed by atoms with Gasteiger partial charge in [0.2, 0.25) is 0 Å². The number of aromatic hydroxyl groups is 1. The van der Waals surface area contributed by atoms with Crippen LogP contribution in [0.15, 0.2) is 48.1 Å². The molecule has 1 aliphatic rings. The zero-order chi connectivity index (χ0) is 10.5. The van der Waals surface area contributed by atoms with Gasteiger partial charge in [-0.25, -0.2) is 0 Å². The Balaban J connectivity index is 1.90. The van der Waals surface area contributed by atoms with E-state index in [2.05, 4.69) is 18.2 Å². The van der Waals surface area contributed by atoms with Gasteiger partial charge in [0.15, 0.2) is 0 Å². The minimum atomic E-state index is 0.266. The smallest absolute Gasteiger partial charge is 0.120 e. The van der Waals surface area contributed by atoms with Gasteiger partial charge in [-0.15, -0.1) is 0 Å². The Morgan fingerprint density at radius 1 is 1.20 bits per heavy atom. The predicted octanol–water partition coefficient (Wildman–Crippen LogP) is 3.05. The topological polar surface area (TPSA) is 29.5 Å². The lowest BCUT2D eigenvalue weighted by Gasteiger charge is -2.10. The van der Waals surface area contributed by atoms with Crippen LogP contribution in [-0.2, 0) is 0 Å². The molecule has 78 valence electrons. The lowest BCUT2D eigenvalue weighted by Crippen LogP contribution is -2.02. The van der Waals surface area contributed by atoms with Gasteiger partial charge in [0.25, 0.3) is 0 Å². The lowest BCUT2D eigenvalue weighted by molar-refractivity contribution is 0.346. The van der Waals surface area contributed by atoms with Crippen molar-refractivity contribution in [2.45, 2.75) is 12.8 Å². The molecule has 1 aromatic rings. The van der Waals surface area contributed by atoms with Crippen LogP contribution in [0.3, 0.4) is 0 Å². The van der Waals surface area contributed by atoms with Gasteiger partial charge in [-0.3, -0.25) is 0 Å². The molecule has 0 aromatic heterocycles. The number of allylic oxidation sites excluding steroid dienone is 3. The summed E-state index contributed by atoms with van der Waals surface area (Å²) in [5, 5.41) is 9.10. The summed E-state index contributed by atoms with van der Waals surface area (Å²) >= 11 is 0. The summed E-state index contributed by atoms with van der Waals surface area (Å²) in [6.45, 7) is 0.634. The number of hydrogen-bond acceptors (Lipinski definition) is 2. The Kier molecular flexibility index (Phi) is 3.08. The van der Waals surface area contributed by atoms with E-state index in [9.17, 15) is 0 Å². The maximum atomic E-state index is 9.10. The highest BCUT2D eigenvalue weighted by Gasteiger charge is 2.00. The van der Waals surface area contributed by atoms with Crippen LogP contribution in [0.4, 0.5) is 0 Å². The van der Waals surface area contributed by atoms with E-state index in [4.69, 9.17) is 9.84 Å². The van der Waals surface area contributed by atoms with Crippen LogP contribution in [0.25, 0.3) is 0 Å². The van der Waals surface area contributed by atoms with E-state index in [0.717, 1.165) is 18.6 Å². The van der Waals surface area contributed by atoms with Crippen LogP contribution < -0.4 is 4.74 Å². The summed E-state index contributed by atoms with van der Waals surface area (Å²) in [5.74, 6) is 1.06. The molecule has 0 unspecified atom stereocenters. The molecule has 0 atom stereocenters. The van der Waals surface area contributed by atoms with Gasteiger partial charge in [0.1, 0.15) is 18.1 Å². The SMILES string of the molecule is Oc1ccc(OCC2=CC=CCC2)cc1. The summed E-state index contributed by atoms with van der Waals surface area (Å²) in [5.41, 5.74) is 1.31. The van der Waals surface area contributed by atoms with Crippen LogP contribution in [0, 0.1) is 0 Å². The Hall–Kier alpha value is -1.70. The van der Waals surface area contributed by atoms with Gasteiger partial charge < -0.3 is 9.84 Å². The fourth-order valence-corrected chi connectivity index (χ4v) is 1.49. The molecule has 0 spiro atoms. The van der Waals surface area contributed by atoms with Crippen molar-refractivity contribution in [3.8, 4) is 11.5 Å². The van der Waals surface area contributed by atoms with Crippen LogP contribution in [0.1, 0.15) is 12.8 Å². The number of hydrogen-bond donors (Lipinski definition) is 1. The normalized spacial score (nSPS) is 14.8. The molecule has 2 rings (SSSR count). The molecule has 0 aliphatic heterocycles. The van der Waals surface area contributed by atoms with E-state index in [0.29, 0.717) is 6.61 Å². The number of phenolic OH excluding ortho intramolecular Hbond substituents is 1. The summed E-state index contributed by atoms with van der Waals surface area (Å²) in [6.07, 6.45) is 8.51. The van der Waals surface area contributed by atoms with E-state index in [1.54, 1.807) is 24.3 Å².